The van der Waals surface area contributed by atoms with Gasteiger partial charge in [-0.25, -0.2) is 0 Å². The molecule has 32 heavy (non-hydrogen) atoms. The monoisotopic (exact) mass is 477 g/mol. The Balaban J connectivity index is 1.81. The fourth-order valence-corrected chi connectivity index (χ4v) is 3.85. The van der Waals surface area contributed by atoms with Crippen molar-refractivity contribution in [1.29, 1.82) is 0 Å². The van der Waals surface area contributed by atoms with E-state index in [1.54, 1.807) is 25.1 Å². The predicted octanol–water partition coefficient (Wildman–Crippen LogP) is 3.95. The SMILES string of the molecule is COc1cc(/C=C2/SC(=O)N(CC(=O)Nc3cc(Cl)ccc3C)C2=O)cc([N+](=O)[O-])c1O. The molecule has 2 aromatic carbocycles. The summed E-state index contributed by atoms with van der Waals surface area (Å²) in [6.07, 6.45) is 1.25. The number of amides is 3. The lowest BCUT2D eigenvalue weighted by atomic mass is 10.1. The summed E-state index contributed by atoms with van der Waals surface area (Å²) >= 11 is 6.51. The second-order valence-corrected chi connectivity index (χ2v) is 8.05. The van der Waals surface area contributed by atoms with E-state index in [4.69, 9.17) is 16.3 Å². The number of phenolic OH excluding ortho intramolecular Hbond substituents is 1. The number of aromatic hydroxyl groups is 1. The zero-order chi connectivity index (χ0) is 23.6. The molecular formula is C20H16ClN3O7S. The van der Waals surface area contributed by atoms with Crippen LogP contribution in [0, 0.1) is 17.0 Å². The molecular weight excluding hydrogens is 462 g/mol. The second-order valence-electron chi connectivity index (χ2n) is 6.62. The molecule has 166 valence electrons. The van der Waals surface area contributed by atoms with Crippen molar-refractivity contribution in [3.8, 4) is 11.5 Å². The molecule has 0 atom stereocenters. The Morgan fingerprint density at radius 3 is 2.72 bits per heavy atom. The molecule has 1 aliphatic rings. The molecule has 10 nitrogen and oxygen atoms in total. The summed E-state index contributed by atoms with van der Waals surface area (Å²) in [5.41, 5.74) is 0.745. The third kappa shape index (κ3) is 4.84. The molecule has 3 amide bonds. The highest BCUT2D eigenvalue weighted by atomic mass is 35.5. The van der Waals surface area contributed by atoms with Gasteiger partial charge in [-0.1, -0.05) is 17.7 Å². The summed E-state index contributed by atoms with van der Waals surface area (Å²) in [6.45, 7) is 1.24. The molecule has 1 heterocycles. The molecule has 0 aliphatic carbocycles. The van der Waals surface area contributed by atoms with E-state index in [1.807, 2.05) is 0 Å². The van der Waals surface area contributed by atoms with Crippen LogP contribution in [-0.2, 0) is 9.59 Å². The standard InChI is InChI=1S/C20H16ClN3O7S/c1-10-3-4-12(21)8-13(10)22-17(25)9-23-19(27)16(32-20(23)28)7-11-5-14(24(29)30)18(26)15(6-11)31-2/h3-8,26H,9H2,1-2H3,(H,22,25)/b16-7+. The predicted molar refractivity (Wildman–Crippen MR) is 119 cm³/mol. The fourth-order valence-electron chi connectivity index (χ4n) is 2.84. The largest absolute Gasteiger partial charge is 0.500 e. The number of thioether (sulfide) groups is 1. The van der Waals surface area contributed by atoms with Gasteiger partial charge in [0.25, 0.3) is 11.1 Å². The minimum atomic E-state index is -0.802. The van der Waals surface area contributed by atoms with Crippen LogP contribution in [0.25, 0.3) is 6.08 Å². The number of hydrogen-bond donors (Lipinski definition) is 2. The van der Waals surface area contributed by atoms with Gasteiger partial charge in [-0.3, -0.25) is 29.4 Å². The molecule has 3 rings (SSSR count). The van der Waals surface area contributed by atoms with E-state index in [1.165, 1.54) is 19.3 Å². The van der Waals surface area contributed by atoms with Gasteiger partial charge in [-0.15, -0.1) is 0 Å². The Kier molecular flexibility index (Phi) is 6.70. The van der Waals surface area contributed by atoms with Crippen LogP contribution in [0.1, 0.15) is 11.1 Å². The quantitative estimate of drug-likeness (QED) is 0.362. The molecule has 12 heteroatoms. The van der Waals surface area contributed by atoms with Gasteiger partial charge in [-0.05, 0) is 54.1 Å². The van der Waals surface area contributed by atoms with E-state index in [2.05, 4.69) is 5.32 Å². The Morgan fingerprint density at radius 1 is 1.34 bits per heavy atom. The number of hydrogen-bond acceptors (Lipinski definition) is 8. The lowest BCUT2D eigenvalue weighted by molar-refractivity contribution is -0.386. The van der Waals surface area contributed by atoms with E-state index in [-0.39, 0.29) is 16.2 Å². The van der Waals surface area contributed by atoms with Crippen LogP contribution in [0.2, 0.25) is 5.02 Å². The third-order valence-electron chi connectivity index (χ3n) is 4.44. The maximum absolute atomic E-state index is 12.7. The first-order valence-corrected chi connectivity index (χ1v) is 10.2. The number of nitro groups is 1. The number of anilines is 1. The first kappa shape index (κ1) is 23.1. The van der Waals surface area contributed by atoms with Crippen molar-refractivity contribution in [2.24, 2.45) is 0 Å². The van der Waals surface area contributed by atoms with E-state index in [0.29, 0.717) is 22.5 Å². The highest BCUT2D eigenvalue weighted by molar-refractivity contribution is 8.18. The Morgan fingerprint density at radius 2 is 2.06 bits per heavy atom. The second kappa shape index (κ2) is 9.28. The maximum atomic E-state index is 12.7. The van der Waals surface area contributed by atoms with Crippen molar-refractivity contribution in [2.75, 3.05) is 19.0 Å². The maximum Gasteiger partial charge on any atom is 0.315 e. The van der Waals surface area contributed by atoms with E-state index >= 15 is 0 Å². The summed E-state index contributed by atoms with van der Waals surface area (Å²) in [6, 6.07) is 7.25. The third-order valence-corrected chi connectivity index (χ3v) is 5.58. The van der Waals surface area contributed by atoms with Gasteiger partial charge in [0.15, 0.2) is 5.75 Å². The van der Waals surface area contributed by atoms with Gasteiger partial charge in [0.1, 0.15) is 6.54 Å². The van der Waals surface area contributed by atoms with Crippen molar-refractivity contribution in [2.45, 2.75) is 6.92 Å². The minimum absolute atomic E-state index is 0.0382. The van der Waals surface area contributed by atoms with Crippen LogP contribution >= 0.6 is 23.4 Å². The average Bonchev–Trinajstić information content (AvgIpc) is 2.98. The number of halogens is 1. The molecule has 0 bridgehead atoms. The molecule has 1 fully saturated rings. The number of nitrogens with zero attached hydrogens (tertiary/aromatic N) is 2. The molecule has 1 saturated heterocycles. The molecule has 1 aliphatic heterocycles. The Bertz CT molecular complexity index is 1180. The van der Waals surface area contributed by atoms with Gasteiger partial charge < -0.3 is 15.2 Å². The van der Waals surface area contributed by atoms with Crippen LogP contribution in [0.5, 0.6) is 11.5 Å². The van der Waals surface area contributed by atoms with Gasteiger partial charge in [-0.2, -0.15) is 0 Å². The van der Waals surface area contributed by atoms with Crippen molar-refractivity contribution in [3.63, 3.8) is 0 Å². The number of carbonyl (C=O) groups is 3. The van der Waals surface area contributed by atoms with Crippen LogP contribution < -0.4 is 10.1 Å². The molecule has 0 spiro atoms. The van der Waals surface area contributed by atoms with Gasteiger partial charge in [0, 0.05) is 16.8 Å². The topological polar surface area (TPSA) is 139 Å². The summed E-state index contributed by atoms with van der Waals surface area (Å²) in [4.78, 5) is 48.4. The van der Waals surface area contributed by atoms with Gasteiger partial charge >= 0.3 is 5.69 Å². The number of benzene rings is 2. The number of methoxy groups -OCH3 is 1. The zero-order valence-electron chi connectivity index (χ0n) is 16.7. The van der Waals surface area contributed by atoms with Crippen LogP contribution in [0.4, 0.5) is 16.2 Å². The lowest BCUT2D eigenvalue weighted by Gasteiger charge is -2.13. The van der Waals surface area contributed by atoms with Crippen molar-refractivity contribution in [3.05, 3.63) is 61.5 Å². The molecule has 0 radical (unpaired) electrons. The van der Waals surface area contributed by atoms with Crippen molar-refractivity contribution >= 4 is 57.9 Å². The number of phenols is 1. The number of rotatable bonds is 6. The molecule has 2 aromatic rings. The zero-order valence-corrected chi connectivity index (χ0v) is 18.3. The van der Waals surface area contributed by atoms with E-state index in [9.17, 15) is 29.6 Å². The minimum Gasteiger partial charge on any atom is -0.500 e. The van der Waals surface area contributed by atoms with E-state index in [0.717, 1.165) is 16.5 Å². The number of carbonyl (C=O) groups excluding carboxylic acids is 3. The lowest BCUT2D eigenvalue weighted by Crippen LogP contribution is -2.36. The van der Waals surface area contributed by atoms with Crippen molar-refractivity contribution < 1.29 is 29.2 Å². The number of nitrogens with one attached hydrogen (secondary N) is 1. The number of ether oxygens (including phenoxy) is 1. The fraction of sp³-hybridized carbons (Fsp3) is 0.150. The Labute approximate surface area is 190 Å². The number of imide groups is 1. The van der Waals surface area contributed by atoms with Crippen LogP contribution in [0.3, 0.4) is 0 Å². The summed E-state index contributed by atoms with van der Waals surface area (Å²) in [7, 11) is 1.22. The highest BCUT2D eigenvalue weighted by Crippen LogP contribution is 2.39. The van der Waals surface area contributed by atoms with Crippen LogP contribution in [-0.4, -0.2) is 45.6 Å². The highest BCUT2D eigenvalue weighted by Gasteiger charge is 2.36. The normalized spacial score (nSPS) is 14.7. The summed E-state index contributed by atoms with van der Waals surface area (Å²) in [5.74, 6) is -2.15. The summed E-state index contributed by atoms with van der Waals surface area (Å²) < 4.78 is 4.92. The molecule has 2 N–H and O–H groups in total. The molecule has 0 saturated carbocycles. The smallest absolute Gasteiger partial charge is 0.315 e. The van der Waals surface area contributed by atoms with Gasteiger partial charge in [0.2, 0.25) is 11.7 Å². The summed E-state index contributed by atoms with van der Waals surface area (Å²) in [5, 5.41) is 23.4. The Hall–Kier alpha value is -3.57. The first-order valence-electron chi connectivity index (χ1n) is 8.97. The molecule has 0 aromatic heterocycles. The van der Waals surface area contributed by atoms with Crippen molar-refractivity contribution in [1.82, 2.24) is 4.90 Å². The van der Waals surface area contributed by atoms with Crippen LogP contribution in [0.15, 0.2) is 35.2 Å². The first-order chi connectivity index (χ1) is 15.1. The number of aryl methyl sites for hydroxylation is 1. The average molecular weight is 478 g/mol. The number of nitro benzene ring substituents is 1. The van der Waals surface area contributed by atoms with E-state index < -0.39 is 40.0 Å². The van der Waals surface area contributed by atoms with Gasteiger partial charge in [0.05, 0.1) is 16.9 Å². The molecule has 0 unspecified atom stereocenters.